The van der Waals surface area contributed by atoms with E-state index in [2.05, 4.69) is 10.3 Å². The molecule has 0 radical (unpaired) electrons. The van der Waals surface area contributed by atoms with Crippen LogP contribution in [0.25, 0.3) is 0 Å². The molecule has 2 heterocycles. The minimum atomic E-state index is -0.101. The molecule has 3 aromatic rings. The molecular formula is C16H13ClN2OS2. The molecule has 0 aliphatic carbocycles. The molecule has 1 N–H and O–H groups in total. The van der Waals surface area contributed by atoms with E-state index in [-0.39, 0.29) is 5.91 Å². The summed E-state index contributed by atoms with van der Waals surface area (Å²) in [7, 11) is 0. The highest BCUT2D eigenvalue weighted by Gasteiger charge is 2.12. The first-order chi connectivity index (χ1) is 10.6. The Labute approximate surface area is 141 Å². The second-order valence-electron chi connectivity index (χ2n) is 4.83. The Bertz CT molecular complexity index is 810. The largest absolute Gasteiger partial charge is 0.297 e. The zero-order chi connectivity index (χ0) is 15.5. The second-order valence-corrected chi connectivity index (χ2v) is 7.29. The van der Waals surface area contributed by atoms with Gasteiger partial charge in [0, 0.05) is 22.5 Å². The van der Waals surface area contributed by atoms with E-state index in [1.54, 1.807) is 6.20 Å². The standard InChI is InChI=1S/C16H13ClN2OS2/c1-10-5-6-21-14(10)15(20)19-16-18-9-13(22-16)8-11-3-2-4-12(17)7-11/h2-7,9H,8H2,1H3,(H,18,19,20). The summed E-state index contributed by atoms with van der Waals surface area (Å²) < 4.78 is 0. The van der Waals surface area contributed by atoms with Gasteiger partial charge in [0.05, 0.1) is 4.88 Å². The van der Waals surface area contributed by atoms with Gasteiger partial charge in [-0.05, 0) is 41.6 Å². The van der Waals surface area contributed by atoms with E-state index in [0.29, 0.717) is 5.13 Å². The van der Waals surface area contributed by atoms with Gasteiger partial charge in [-0.25, -0.2) is 4.98 Å². The zero-order valence-corrected chi connectivity index (χ0v) is 14.2. The third-order valence-corrected chi connectivity index (χ3v) is 5.27. The summed E-state index contributed by atoms with van der Waals surface area (Å²) in [6.07, 6.45) is 2.55. The van der Waals surface area contributed by atoms with E-state index in [0.717, 1.165) is 32.3 Å². The van der Waals surface area contributed by atoms with Gasteiger partial charge in [0.2, 0.25) is 0 Å². The lowest BCUT2D eigenvalue weighted by molar-refractivity contribution is 0.103. The number of carbonyl (C=O) groups is 1. The normalized spacial score (nSPS) is 10.6. The van der Waals surface area contributed by atoms with Crippen LogP contribution in [-0.2, 0) is 6.42 Å². The van der Waals surface area contributed by atoms with Crippen LogP contribution in [0.15, 0.2) is 41.9 Å². The van der Waals surface area contributed by atoms with E-state index in [1.807, 2.05) is 42.6 Å². The molecule has 6 heteroatoms. The molecule has 0 saturated heterocycles. The lowest BCUT2D eigenvalue weighted by Crippen LogP contribution is -2.10. The third-order valence-electron chi connectivity index (χ3n) is 3.11. The molecule has 2 aromatic heterocycles. The molecule has 0 fully saturated rings. The van der Waals surface area contributed by atoms with Gasteiger partial charge in [0.15, 0.2) is 5.13 Å². The van der Waals surface area contributed by atoms with Crippen molar-refractivity contribution < 1.29 is 4.79 Å². The summed E-state index contributed by atoms with van der Waals surface area (Å²) in [6, 6.07) is 9.69. The van der Waals surface area contributed by atoms with Crippen LogP contribution >= 0.6 is 34.3 Å². The Kier molecular flexibility index (Phi) is 4.57. The smallest absolute Gasteiger partial charge is 0.267 e. The SMILES string of the molecule is Cc1ccsc1C(=O)Nc1ncc(Cc2cccc(Cl)c2)s1. The fourth-order valence-electron chi connectivity index (χ4n) is 2.05. The van der Waals surface area contributed by atoms with Gasteiger partial charge in [0.25, 0.3) is 5.91 Å². The molecule has 1 aromatic carbocycles. The van der Waals surface area contributed by atoms with Gasteiger partial charge >= 0.3 is 0 Å². The van der Waals surface area contributed by atoms with Crippen LogP contribution in [0.4, 0.5) is 5.13 Å². The van der Waals surface area contributed by atoms with Crippen LogP contribution in [0.2, 0.25) is 5.02 Å². The maximum absolute atomic E-state index is 12.2. The molecule has 0 aliphatic heterocycles. The van der Waals surface area contributed by atoms with Crippen LogP contribution in [0.3, 0.4) is 0 Å². The van der Waals surface area contributed by atoms with E-state index in [4.69, 9.17) is 11.6 Å². The van der Waals surface area contributed by atoms with Crippen molar-refractivity contribution in [3.8, 4) is 0 Å². The second kappa shape index (κ2) is 6.60. The molecular weight excluding hydrogens is 336 g/mol. The molecule has 0 aliphatic rings. The Morgan fingerprint density at radius 1 is 1.36 bits per heavy atom. The number of benzene rings is 1. The van der Waals surface area contributed by atoms with Crippen molar-refractivity contribution >= 4 is 45.3 Å². The highest BCUT2D eigenvalue weighted by atomic mass is 35.5. The third kappa shape index (κ3) is 3.55. The van der Waals surface area contributed by atoms with Crippen molar-refractivity contribution in [2.24, 2.45) is 0 Å². The molecule has 0 bridgehead atoms. The number of nitrogens with zero attached hydrogens (tertiary/aromatic N) is 1. The average molecular weight is 349 g/mol. The molecule has 3 rings (SSSR count). The minimum Gasteiger partial charge on any atom is -0.297 e. The van der Waals surface area contributed by atoms with Crippen LogP contribution < -0.4 is 5.32 Å². The topological polar surface area (TPSA) is 42.0 Å². The van der Waals surface area contributed by atoms with E-state index >= 15 is 0 Å². The predicted molar refractivity (Wildman–Crippen MR) is 93.4 cm³/mol. The van der Waals surface area contributed by atoms with Gasteiger partial charge in [-0.15, -0.1) is 22.7 Å². The molecule has 3 nitrogen and oxygen atoms in total. The molecule has 1 amide bonds. The number of aromatic nitrogens is 1. The number of nitrogens with one attached hydrogen (secondary N) is 1. The number of anilines is 1. The van der Waals surface area contributed by atoms with Crippen molar-refractivity contribution in [3.05, 3.63) is 67.8 Å². The fraction of sp³-hybridized carbons (Fsp3) is 0.125. The number of halogens is 1. The molecule has 112 valence electrons. The Hall–Kier alpha value is -1.69. The van der Waals surface area contributed by atoms with Crippen LogP contribution in [0.1, 0.15) is 25.7 Å². The summed E-state index contributed by atoms with van der Waals surface area (Å²) in [4.78, 5) is 18.2. The quantitative estimate of drug-likeness (QED) is 0.720. The van der Waals surface area contributed by atoms with Crippen molar-refractivity contribution in [2.75, 3.05) is 5.32 Å². The number of aryl methyl sites for hydroxylation is 1. The summed E-state index contributed by atoms with van der Waals surface area (Å²) in [5.41, 5.74) is 2.11. The predicted octanol–water partition coefficient (Wildman–Crippen LogP) is 5.01. The first-order valence-corrected chi connectivity index (χ1v) is 8.74. The lowest BCUT2D eigenvalue weighted by atomic mass is 10.1. The Balaban J connectivity index is 1.69. The number of hydrogen-bond acceptors (Lipinski definition) is 4. The number of rotatable bonds is 4. The summed E-state index contributed by atoms with van der Waals surface area (Å²) >= 11 is 8.91. The summed E-state index contributed by atoms with van der Waals surface area (Å²) in [6.45, 7) is 1.93. The lowest BCUT2D eigenvalue weighted by Gasteiger charge is -2.00. The first kappa shape index (κ1) is 15.2. The fourth-order valence-corrected chi connectivity index (χ4v) is 3.93. The molecule has 0 saturated carbocycles. The molecule has 0 spiro atoms. The Morgan fingerprint density at radius 3 is 2.95 bits per heavy atom. The first-order valence-electron chi connectivity index (χ1n) is 6.66. The van der Waals surface area contributed by atoms with Crippen LogP contribution in [0, 0.1) is 6.92 Å². The van der Waals surface area contributed by atoms with Crippen LogP contribution in [-0.4, -0.2) is 10.9 Å². The number of carbonyl (C=O) groups excluding carboxylic acids is 1. The molecule has 0 unspecified atom stereocenters. The minimum absolute atomic E-state index is 0.101. The van der Waals surface area contributed by atoms with E-state index in [9.17, 15) is 4.79 Å². The van der Waals surface area contributed by atoms with Gasteiger partial charge in [0.1, 0.15) is 0 Å². The highest BCUT2D eigenvalue weighted by Crippen LogP contribution is 2.24. The van der Waals surface area contributed by atoms with Crippen molar-refractivity contribution in [1.29, 1.82) is 0 Å². The van der Waals surface area contributed by atoms with Crippen molar-refractivity contribution in [3.63, 3.8) is 0 Å². The Morgan fingerprint density at radius 2 is 2.23 bits per heavy atom. The number of thiophene rings is 1. The van der Waals surface area contributed by atoms with E-state index in [1.165, 1.54) is 22.7 Å². The number of amides is 1. The average Bonchev–Trinajstić information content (AvgIpc) is 3.08. The van der Waals surface area contributed by atoms with Gasteiger partial charge in [-0.1, -0.05) is 23.7 Å². The van der Waals surface area contributed by atoms with Gasteiger partial charge in [-0.2, -0.15) is 0 Å². The van der Waals surface area contributed by atoms with Crippen molar-refractivity contribution in [2.45, 2.75) is 13.3 Å². The number of hydrogen-bond donors (Lipinski definition) is 1. The van der Waals surface area contributed by atoms with E-state index < -0.39 is 0 Å². The number of thiazole rings is 1. The summed E-state index contributed by atoms with van der Waals surface area (Å²) in [5.74, 6) is -0.101. The van der Waals surface area contributed by atoms with Crippen molar-refractivity contribution in [1.82, 2.24) is 4.98 Å². The maximum atomic E-state index is 12.2. The maximum Gasteiger partial charge on any atom is 0.267 e. The van der Waals surface area contributed by atoms with Gasteiger partial charge in [-0.3, -0.25) is 10.1 Å². The zero-order valence-electron chi connectivity index (χ0n) is 11.8. The van der Waals surface area contributed by atoms with Crippen LogP contribution in [0.5, 0.6) is 0 Å². The summed E-state index contributed by atoms with van der Waals surface area (Å²) in [5, 5.41) is 6.11. The van der Waals surface area contributed by atoms with Gasteiger partial charge < -0.3 is 0 Å². The monoisotopic (exact) mass is 348 g/mol. The molecule has 0 atom stereocenters. The highest BCUT2D eigenvalue weighted by molar-refractivity contribution is 7.16. The molecule has 22 heavy (non-hydrogen) atoms.